The lowest BCUT2D eigenvalue weighted by atomic mass is 10.1. The molecular formula is C19H20ClNO4. The topological polar surface area (TPSA) is 56.8 Å². The molecule has 3 rings (SSSR count). The zero-order valence-electron chi connectivity index (χ0n) is 14.4. The summed E-state index contributed by atoms with van der Waals surface area (Å²) in [6, 6.07) is 9.25. The predicted octanol–water partition coefficient (Wildman–Crippen LogP) is 3.77. The minimum absolute atomic E-state index is 0.192. The molecule has 1 atom stereocenters. The molecule has 5 nitrogen and oxygen atoms in total. The largest absolute Gasteiger partial charge is 0.481 e. The fourth-order valence-electron chi connectivity index (χ4n) is 2.62. The molecule has 2 aromatic rings. The number of carbonyl (C=O) groups is 1. The van der Waals surface area contributed by atoms with Crippen molar-refractivity contribution in [1.29, 1.82) is 0 Å². The Morgan fingerprint density at radius 1 is 1.20 bits per heavy atom. The van der Waals surface area contributed by atoms with Crippen LogP contribution in [0.25, 0.3) is 0 Å². The van der Waals surface area contributed by atoms with Gasteiger partial charge in [-0.2, -0.15) is 0 Å². The molecule has 132 valence electrons. The van der Waals surface area contributed by atoms with E-state index in [9.17, 15) is 4.79 Å². The molecule has 1 heterocycles. The average Bonchev–Trinajstić information content (AvgIpc) is 3.05. The van der Waals surface area contributed by atoms with E-state index in [2.05, 4.69) is 5.32 Å². The first kappa shape index (κ1) is 17.4. The number of nitrogens with one attached hydrogen (secondary N) is 1. The number of benzene rings is 2. The highest BCUT2D eigenvalue weighted by Gasteiger charge is 2.17. The van der Waals surface area contributed by atoms with Crippen molar-refractivity contribution >= 4 is 17.5 Å². The zero-order chi connectivity index (χ0) is 18.0. The van der Waals surface area contributed by atoms with Crippen molar-refractivity contribution < 1.29 is 19.0 Å². The molecule has 0 fully saturated rings. The first-order chi connectivity index (χ1) is 11.9. The Morgan fingerprint density at radius 2 is 1.88 bits per heavy atom. The highest BCUT2D eigenvalue weighted by atomic mass is 35.5. The van der Waals surface area contributed by atoms with Gasteiger partial charge >= 0.3 is 0 Å². The Kier molecular flexibility index (Phi) is 5.04. The summed E-state index contributed by atoms with van der Waals surface area (Å²) in [4.78, 5) is 12.3. The second-order valence-corrected chi connectivity index (χ2v) is 6.41. The van der Waals surface area contributed by atoms with Crippen molar-refractivity contribution in [3.05, 3.63) is 52.0 Å². The van der Waals surface area contributed by atoms with E-state index >= 15 is 0 Å². The second kappa shape index (κ2) is 7.23. The van der Waals surface area contributed by atoms with Crippen LogP contribution >= 0.6 is 11.6 Å². The second-order valence-electron chi connectivity index (χ2n) is 6.04. The molecule has 0 aromatic heterocycles. The van der Waals surface area contributed by atoms with Crippen molar-refractivity contribution in [2.24, 2.45) is 0 Å². The number of fused-ring (bicyclic) bond motifs is 1. The molecular weight excluding hydrogens is 342 g/mol. The van der Waals surface area contributed by atoms with Crippen LogP contribution in [-0.4, -0.2) is 18.8 Å². The summed E-state index contributed by atoms with van der Waals surface area (Å²) in [5.41, 5.74) is 2.78. The van der Waals surface area contributed by atoms with E-state index < -0.39 is 6.10 Å². The van der Waals surface area contributed by atoms with Gasteiger partial charge in [0.1, 0.15) is 5.75 Å². The van der Waals surface area contributed by atoms with Gasteiger partial charge in [-0.3, -0.25) is 4.79 Å². The Labute approximate surface area is 151 Å². The summed E-state index contributed by atoms with van der Waals surface area (Å²) in [5.74, 6) is 1.86. The van der Waals surface area contributed by atoms with Crippen LogP contribution < -0.4 is 19.5 Å². The summed E-state index contributed by atoms with van der Waals surface area (Å²) >= 11 is 6.15. The van der Waals surface area contributed by atoms with E-state index in [0.717, 1.165) is 22.4 Å². The Hall–Kier alpha value is -2.40. The van der Waals surface area contributed by atoms with Crippen molar-refractivity contribution in [1.82, 2.24) is 5.32 Å². The van der Waals surface area contributed by atoms with Gasteiger partial charge in [-0.25, -0.2) is 0 Å². The molecule has 0 spiro atoms. The fraction of sp³-hybridized carbons (Fsp3) is 0.316. The van der Waals surface area contributed by atoms with Crippen LogP contribution in [0, 0.1) is 13.8 Å². The third-order valence-electron chi connectivity index (χ3n) is 4.00. The van der Waals surface area contributed by atoms with Crippen molar-refractivity contribution in [3.8, 4) is 17.2 Å². The standard InChI is InChI=1S/C19H20ClNO4/c1-11-6-15(7-12(2)18(11)20)25-13(3)19(22)21-9-14-4-5-16-17(8-14)24-10-23-16/h4-8,13H,9-10H2,1-3H3,(H,21,22)/t13-/m0/s1. The number of aryl methyl sites for hydroxylation is 2. The zero-order valence-corrected chi connectivity index (χ0v) is 15.1. The van der Waals surface area contributed by atoms with E-state index in [4.69, 9.17) is 25.8 Å². The summed E-state index contributed by atoms with van der Waals surface area (Å²) in [6.07, 6.45) is -0.617. The van der Waals surface area contributed by atoms with Gasteiger partial charge < -0.3 is 19.5 Å². The van der Waals surface area contributed by atoms with Gasteiger partial charge in [0.05, 0.1) is 0 Å². The maximum absolute atomic E-state index is 12.3. The Balaban J connectivity index is 1.57. The number of halogens is 1. The molecule has 0 saturated carbocycles. The van der Waals surface area contributed by atoms with Crippen LogP contribution in [0.15, 0.2) is 30.3 Å². The summed E-state index contributed by atoms with van der Waals surface area (Å²) in [6.45, 7) is 6.16. The minimum Gasteiger partial charge on any atom is -0.481 e. The number of carbonyl (C=O) groups excluding carboxylic acids is 1. The molecule has 0 bridgehead atoms. The van der Waals surface area contributed by atoms with Crippen molar-refractivity contribution in [3.63, 3.8) is 0 Å². The summed E-state index contributed by atoms with van der Waals surface area (Å²) in [5, 5.41) is 3.58. The van der Waals surface area contributed by atoms with E-state index in [0.29, 0.717) is 23.1 Å². The average molecular weight is 362 g/mol. The quantitative estimate of drug-likeness (QED) is 0.880. The molecule has 1 amide bonds. The van der Waals surface area contributed by atoms with E-state index in [1.807, 2.05) is 44.2 Å². The van der Waals surface area contributed by atoms with Crippen LogP contribution in [0.4, 0.5) is 0 Å². The molecule has 0 radical (unpaired) electrons. The van der Waals surface area contributed by atoms with Crippen LogP contribution in [0.2, 0.25) is 5.02 Å². The van der Waals surface area contributed by atoms with Crippen LogP contribution in [0.1, 0.15) is 23.6 Å². The highest BCUT2D eigenvalue weighted by Crippen LogP contribution is 2.32. The highest BCUT2D eigenvalue weighted by molar-refractivity contribution is 6.32. The van der Waals surface area contributed by atoms with E-state index in [-0.39, 0.29) is 12.7 Å². The number of amides is 1. The molecule has 0 saturated heterocycles. The monoisotopic (exact) mass is 361 g/mol. The van der Waals surface area contributed by atoms with Gasteiger partial charge in [0.25, 0.3) is 5.91 Å². The van der Waals surface area contributed by atoms with Gasteiger partial charge in [0, 0.05) is 11.6 Å². The van der Waals surface area contributed by atoms with Gasteiger partial charge in [-0.1, -0.05) is 17.7 Å². The number of hydrogen-bond acceptors (Lipinski definition) is 4. The Bertz CT molecular complexity index is 783. The molecule has 1 aliphatic rings. The molecule has 0 aliphatic carbocycles. The molecule has 2 aromatic carbocycles. The molecule has 25 heavy (non-hydrogen) atoms. The van der Waals surface area contributed by atoms with Crippen LogP contribution in [0.5, 0.6) is 17.2 Å². The summed E-state index contributed by atoms with van der Waals surface area (Å²) in [7, 11) is 0. The fourth-order valence-corrected chi connectivity index (χ4v) is 2.72. The first-order valence-corrected chi connectivity index (χ1v) is 8.41. The lowest BCUT2D eigenvalue weighted by Gasteiger charge is -2.16. The molecule has 6 heteroatoms. The van der Waals surface area contributed by atoms with Gasteiger partial charge in [-0.05, 0) is 61.7 Å². The normalized spacial score (nSPS) is 13.4. The third-order valence-corrected chi connectivity index (χ3v) is 4.59. The SMILES string of the molecule is Cc1cc(O[C@@H](C)C(=O)NCc2ccc3c(c2)OCO3)cc(C)c1Cl. The predicted molar refractivity (Wildman–Crippen MR) is 95.4 cm³/mol. The molecule has 0 unspecified atom stereocenters. The van der Waals surface area contributed by atoms with Gasteiger partial charge in [0.15, 0.2) is 17.6 Å². The third kappa shape index (κ3) is 3.99. The van der Waals surface area contributed by atoms with Gasteiger partial charge in [-0.15, -0.1) is 0 Å². The van der Waals surface area contributed by atoms with Crippen molar-refractivity contribution in [2.75, 3.05) is 6.79 Å². The van der Waals surface area contributed by atoms with Crippen molar-refractivity contribution in [2.45, 2.75) is 33.4 Å². The number of rotatable bonds is 5. The van der Waals surface area contributed by atoms with Crippen LogP contribution in [0.3, 0.4) is 0 Å². The minimum atomic E-state index is -0.617. The van der Waals surface area contributed by atoms with Crippen LogP contribution in [-0.2, 0) is 11.3 Å². The van der Waals surface area contributed by atoms with Gasteiger partial charge in [0.2, 0.25) is 6.79 Å². The smallest absolute Gasteiger partial charge is 0.261 e. The summed E-state index contributed by atoms with van der Waals surface area (Å²) < 4.78 is 16.3. The maximum atomic E-state index is 12.3. The number of ether oxygens (including phenoxy) is 3. The van der Waals surface area contributed by atoms with E-state index in [1.165, 1.54) is 0 Å². The number of hydrogen-bond donors (Lipinski definition) is 1. The Morgan fingerprint density at radius 3 is 2.60 bits per heavy atom. The maximum Gasteiger partial charge on any atom is 0.261 e. The van der Waals surface area contributed by atoms with E-state index in [1.54, 1.807) is 6.92 Å². The lowest BCUT2D eigenvalue weighted by molar-refractivity contribution is -0.127. The molecule has 1 aliphatic heterocycles. The molecule has 1 N–H and O–H groups in total. The first-order valence-electron chi connectivity index (χ1n) is 8.03. The lowest BCUT2D eigenvalue weighted by Crippen LogP contribution is -2.35.